The Morgan fingerprint density at radius 2 is 1.88 bits per heavy atom. The molecule has 0 saturated carbocycles. The van der Waals surface area contributed by atoms with Crippen molar-refractivity contribution in [1.82, 2.24) is 30.2 Å². The zero-order chi connectivity index (χ0) is 29.4. The van der Waals surface area contributed by atoms with Gasteiger partial charge in [0.1, 0.15) is 12.1 Å². The second-order valence-corrected chi connectivity index (χ2v) is 11.1. The van der Waals surface area contributed by atoms with Gasteiger partial charge in [0.25, 0.3) is 5.91 Å². The topological polar surface area (TPSA) is 148 Å². The van der Waals surface area contributed by atoms with Crippen molar-refractivity contribution in [3.05, 3.63) is 107 Å². The Balaban J connectivity index is 1.47. The van der Waals surface area contributed by atoms with E-state index in [4.69, 9.17) is 11.6 Å². The zero-order valence-electron chi connectivity index (χ0n) is 21.7. The fraction of sp³-hybridized carbons (Fsp3) is 0.148. The summed E-state index contributed by atoms with van der Waals surface area (Å²) < 4.78 is 40.4. The number of nitrogens with zero attached hydrogens (tertiary/aromatic N) is 4. The Morgan fingerprint density at radius 1 is 1.10 bits per heavy atom. The van der Waals surface area contributed by atoms with Gasteiger partial charge < -0.3 is 10.6 Å². The molecule has 4 aromatic rings. The van der Waals surface area contributed by atoms with Gasteiger partial charge in [-0.3, -0.25) is 9.59 Å². The van der Waals surface area contributed by atoms with E-state index in [2.05, 4.69) is 26.2 Å². The largest absolute Gasteiger partial charge is 0.383 e. The summed E-state index contributed by atoms with van der Waals surface area (Å²) in [6.45, 7) is 0.218. The summed E-state index contributed by atoms with van der Waals surface area (Å²) in [6.07, 6.45) is 5.66. The number of sulfonamides is 1. The van der Waals surface area contributed by atoms with E-state index in [-0.39, 0.29) is 12.5 Å². The maximum absolute atomic E-state index is 14.6. The number of hydrogen-bond donors (Lipinski definition) is 3. The van der Waals surface area contributed by atoms with Crippen molar-refractivity contribution in [2.45, 2.75) is 12.5 Å². The summed E-state index contributed by atoms with van der Waals surface area (Å²) in [5.41, 5.74) is 2.14. The monoisotopic (exact) mass is 597 g/mol. The summed E-state index contributed by atoms with van der Waals surface area (Å²) in [4.78, 5) is 25.0. The molecule has 2 amide bonds. The van der Waals surface area contributed by atoms with Crippen LogP contribution in [0.1, 0.15) is 21.5 Å². The summed E-state index contributed by atoms with van der Waals surface area (Å²) in [5, 5.41) is 17.6. The Hall–Kier alpha value is -4.62. The molecule has 14 heteroatoms. The molecule has 0 spiro atoms. The van der Waals surface area contributed by atoms with Gasteiger partial charge in [-0.2, -0.15) is 4.68 Å². The minimum absolute atomic E-state index is 0.218. The molecule has 41 heavy (non-hydrogen) atoms. The van der Waals surface area contributed by atoms with Crippen molar-refractivity contribution in [3.63, 3.8) is 0 Å². The molecular formula is C27H25ClFN7O4S. The van der Waals surface area contributed by atoms with Crippen LogP contribution < -0.4 is 15.4 Å². The van der Waals surface area contributed by atoms with E-state index in [1.165, 1.54) is 29.2 Å². The first-order valence-electron chi connectivity index (χ1n) is 12.2. The smallest absolute Gasteiger partial charge is 0.267 e. The third kappa shape index (κ3) is 8.68. The van der Waals surface area contributed by atoms with Crippen LogP contribution in [0.15, 0.2) is 79.1 Å². The van der Waals surface area contributed by atoms with Gasteiger partial charge in [-0.15, -0.1) is 5.10 Å². The minimum atomic E-state index is -3.84. The predicted molar refractivity (Wildman–Crippen MR) is 152 cm³/mol. The van der Waals surface area contributed by atoms with E-state index in [1.54, 1.807) is 29.0 Å². The Morgan fingerprint density at radius 3 is 2.56 bits per heavy atom. The normalized spacial score (nSPS) is 12.2. The molecule has 0 saturated heterocycles. The Labute approximate surface area is 240 Å². The van der Waals surface area contributed by atoms with Crippen LogP contribution in [0.3, 0.4) is 0 Å². The van der Waals surface area contributed by atoms with Gasteiger partial charge in [-0.05, 0) is 64.9 Å². The summed E-state index contributed by atoms with van der Waals surface area (Å²) >= 11 is 6.15. The van der Waals surface area contributed by atoms with E-state index >= 15 is 0 Å². The molecule has 4 rings (SSSR count). The average molecular weight is 598 g/mol. The number of rotatable bonds is 11. The summed E-state index contributed by atoms with van der Waals surface area (Å²) in [5.74, 6) is -2.35. The maximum Gasteiger partial charge on any atom is 0.267 e. The Bertz CT molecular complexity index is 1670. The van der Waals surface area contributed by atoms with Crippen LogP contribution >= 0.6 is 11.6 Å². The molecular weight excluding hydrogens is 573 g/mol. The van der Waals surface area contributed by atoms with Crippen molar-refractivity contribution in [2.24, 2.45) is 0 Å². The van der Waals surface area contributed by atoms with Crippen molar-refractivity contribution in [1.29, 1.82) is 0 Å². The molecule has 11 nitrogen and oxygen atoms in total. The second-order valence-electron chi connectivity index (χ2n) is 8.96. The fourth-order valence-corrected chi connectivity index (χ4v) is 4.53. The van der Waals surface area contributed by atoms with Crippen LogP contribution in [0.4, 0.5) is 10.1 Å². The highest BCUT2D eigenvalue weighted by atomic mass is 35.5. The number of benzene rings is 3. The number of hydrogen-bond acceptors (Lipinski definition) is 8. The highest BCUT2D eigenvalue weighted by Crippen LogP contribution is 2.20. The molecule has 0 aliphatic rings. The zero-order valence-corrected chi connectivity index (χ0v) is 23.2. The SMILES string of the molecule is CS(=O)(=O)NC(=O)c1ccc(NC[C@H](Cc2ccccc2)NC(=O)/C=C/c2cc(Cl)ccc2-n2cnnn2)cc1F. The van der Waals surface area contributed by atoms with Crippen molar-refractivity contribution < 1.29 is 22.4 Å². The molecule has 1 heterocycles. The van der Waals surface area contributed by atoms with Gasteiger partial charge in [0.2, 0.25) is 15.9 Å². The van der Waals surface area contributed by atoms with Gasteiger partial charge >= 0.3 is 0 Å². The number of tetrazole rings is 1. The molecule has 212 valence electrons. The molecule has 3 aromatic carbocycles. The van der Waals surface area contributed by atoms with E-state index in [9.17, 15) is 22.4 Å². The highest BCUT2D eigenvalue weighted by Gasteiger charge is 2.17. The van der Waals surface area contributed by atoms with Crippen LogP contribution in [0.25, 0.3) is 11.8 Å². The van der Waals surface area contributed by atoms with Crippen molar-refractivity contribution in [2.75, 3.05) is 18.1 Å². The fourth-order valence-electron chi connectivity index (χ4n) is 3.90. The number of carbonyl (C=O) groups is 2. The lowest BCUT2D eigenvalue weighted by Crippen LogP contribution is -2.40. The lowest BCUT2D eigenvalue weighted by Gasteiger charge is -2.20. The van der Waals surface area contributed by atoms with Crippen LogP contribution in [-0.4, -0.2) is 59.3 Å². The molecule has 1 atom stereocenters. The first kappa shape index (κ1) is 29.4. The number of amides is 2. The molecule has 0 aliphatic heterocycles. The highest BCUT2D eigenvalue weighted by molar-refractivity contribution is 7.89. The lowest BCUT2D eigenvalue weighted by atomic mass is 10.1. The quantitative estimate of drug-likeness (QED) is 0.224. The number of anilines is 1. The molecule has 1 aromatic heterocycles. The van der Waals surface area contributed by atoms with Crippen LogP contribution in [0.5, 0.6) is 0 Å². The van der Waals surface area contributed by atoms with Crippen molar-refractivity contribution >= 4 is 45.2 Å². The third-order valence-corrected chi connectivity index (χ3v) is 6.51. The predicted octanol–water partition coefficient (Wildman–Crippen LogP) is 3.00. The first-order valence-corrected chi connectivity index (χ1v) is 14.5. The lowest BCUT2D eigenvalue weighted by molar-refractivity contribution is -0.117. The maximum atomic E-state index is 14.6. The van der Waals surface area contributed by atoms with Crippen LogP contribution in [-0.2, 0) is 21.2 Å². The molecule has 0 bridgehead atoms. The second kappa shape index (κ2) is 13.2. The van der Waals surface area contributed by atoms with Crippen molar-refractivity contribution in [3.8, 4) is 5.69 Å². The van der Waals surface area contributed by atoms with Gasteiger partial charge in [-0.1, -0.05) is 41.9 Å². The van der Waals surface area contributed by atoms with E-state index in [0.29, 0.717) is 28.4 Å². The number of halogens is 2. The average Bonchev–Trinajstić information content (AvgIpc) is 3.45. The van der Waals surface area contributed by atoms with Gasteiger partial charge in [-0.25, -0.2) is 17.5 Å². The number of nitrogens with one attached hydrogen (secondary N) is 3. The summed E-state index contributed by atoms with van der Waals surface area (Å²) in [6, 6.07) is 17.9. The molecule has 0 radical (unpaired) electrons. The number of carbonyl (C=O) groups excluding carboxylic acids is 2. The molecule has 0 unspecified atom stereocenters. The first-order chi connectivity index (χ1) is 19.6. The minimum Gasteiger partial charge on any atom is -0.383 e. The Kier molecular flexibility index (Phi) is 9.42. The molecule has 3 N–H and O–H groups in total. The van der Waals surface area contributed by atoms with Crippen LogP contribution in [0.2, 0.25) is 5.02 Å². The molecule has 0 aliphatic carbocycles. The van der Waals surface area contributed by atoms with Gasteiger partial charge in [0.05, 0.1) is 23.5 Å². The molecule has 0 fully saturated rings. The van der Waals surface area contributed by atoms with Crippen LogP contribution in [0, 0.1) is 5.82 Å². The van der Waals surface area contributed by atoms with E-state index in [1.807, 2.05) is 30.3 Å². The summed E-state index contributed by atoms with van der Waals surface area (Å²) in [7, 11) is -3.84. The van der Waals surface area contributed by atoms with Gasteiger partial charge in [0.15, 0.2) is 0 Å². The standard InChI is InChI=1S/C27H25ClFN7O4S/c1-41(39,40)33-27(38)23-10-9-21(15-24(23)29)30-16-22(13-18-5-3-2-4-6-18)32-26(37)12-7-19-14-20(28)8-11-25(19)36-17-31-34-35-36/h2-12,14-15,17,22,30H,13,16H2,1H3,(H,32,37)(H,33,38)/b12-7+/t22-/m0/s1. The third-order valence-electron chi connectivity index (χ3n) is 5.72. The van der Waals surface area contributed by atoms with E-state index < -0.39 is 33.4 Å². The van der Waals surface area contributed by atoms with Gasteiger partial charge in [0, 0.05) is 28.9 Å². The number of aromatic nitrogens is 4. The van der Waals surface area contributed by atoms with E-state index in [0.717, 1.165) is 17.9 Å².